The second kappa shape index (κ2) is 6.81. The van der Waals surface area contributed by atoms with Crippen molar-refractivity contribution < 1.29 is 19.2 Å². The summed E-state index contributed by atoms with van der Waals surface area (Å²) in [4.78, 5) is 15.8. The molecule has 1 amide bonds. The van der Waals surface area contributed by atoms with Gasteiger partial charge in [0.05, 0.1) is 37.7 Å². The molecule has 0 aliphatic carbocycles. The number of nitrogens with one attached hydrogen (secondary N) is 3. The number of amides is 1. The van der Waals surface area contributed by atoms with E-state index in [1.807, 2.05) is 18.2 Å². The monoisotopic (exact) mass is 374 g/mol. The summed E-state index contributed by atoms with van der Waals surface area (Å²) >= 11 is 1.72. The number of carbonyl (C=O) groups is 1. The third-order valence-corrected chi connectivity index (χ3v) is 6.42. The van der Waals surface area contributed by atoms with Crippen molar-refractivity contribution in [3.05, 3.63) is 39.8 Å². The molecule has 4 rings (SSSR count). The predicted octanol–water partition coefficient (Wildman–Crippen LogP) is 1.58. The van der Waals surface area contributed by atoms with Crippen LogP contribution in [0.5, 0.6) is 11.5 Å². The van der Waals surface area contributed by atoms with Gasteiger partial charge in [0.1, 0.15) is 29.2 Å². The Kier molecular flexibility index (Phi) is 4.50. The zero-order valence-corrected chi connectivity index (χ0v) is 16.1. The number of benzene rings is 1. The number of ether oxygens (including phenoxy) is 2. The molecule has 2 atom stereocenters. The maximum absolute atomic E-state index is 12.9. The minimum Gasteiger partial charge on any atom is -0.497 e. The molecule has 6 nitrogen and oxygen atoms in total. The first kappa shape index (κ1) is 17.2. The Hall–Kier alpha value is -2.25. The van der Waals surface area contributed by atoms with Crippen LogP contribution in [0.2, 0.25) is 0 Å². The SMILES string of the molecule is CC[NH+]1CCc2c(sc3c2C(=O)N[C@@H](c2cc(OC)ccc2OC)N3)C1. The molecule has 0 bridgehead atoms. The third-order valence-electron chi connectivity index (χ3n) is 5.26. The van der Waals surface area contributed by atoms with E-state index in [-0.39, 0.29) is 12.1 Å². The van der Waals surface area contributed by atoms with Crippen LogP contribution in [0.15, 0.2) is 18.2 Å². The van der Waals surface area contributed by atoms with E-state index in [1.54, 1.807) is 30.5 Å². The maximum Gasteiger partial charge on any atom is 0.256 e. The number of thiophene rings is 1. The van der Waals surface area contributed by atoms with E-state index in [2.05, 4.69) is 17.6 Å². The van der Waals surface area contributed by atoms with E-state index in [0.717, 1.165) is 53.7 Å². The van der Waals surface area contributed by atoms with Crippen LogP contribution < -0.4 is 25.0 Å². The highest BCUT2D eigenvalue weighted by Gasteiger charge is 2.35. The molecular weight excluding hydrogens is 350 g/mol. The summed E-state index contributed by atoms with van der Waals surface area (Å²) in [7, 11) is 3.26. The van der Waals surface area contributed by atoms with E-state index in [1.165, 1.54) is 10.4 Å². The Morgan fingerprint density at radius 3 is 2.85 bits per heavy atom. The minimum atomic E-state index is -0.338. The minimum absolute atomic E-state index is 0.00827. The van der Waals surface area contributed by atoms with E-state index in [9.17, 15) is 4.79 Å². The Balaban J connectivity index is 1.69. The topological polar surface area (TPSA) is 64.0 Å². The largest absolute Gasteiger partial charge is 0.497 e. The lowest BCUT2D eigenvalue weighted by molar-refractivity contribution is -0.913. The van der Waals surface area contributed by atoms with Crippen molar-refractivity contribution in [2.24, 2.45) is 0 Å². The average Bonchev–Trinajstić information content (AvgIpc) is 3.05. The molecule has 3 heterocycles. The van der Waals surface area contributed by atoms with E-state index in [0.29, 0.717) is 0 Å². The van der Waals surface area contributed by atoms with E-state index >= 15 is 0 Å². The lowest BCUT2D eigenvalue weighted by Gasteiger charge is -2.28. The number of carbonyl (C=O) groups excluding carboxylic acids is 1. The molecule has 0 fully saturated rings. The number of methoxy groups -OCH3 is 2. The molecule has 1 unspecified atom stereocenters. The van der Waals surface area contributed by atoms with Crippen molar-refractivity contribution in [1.82, 2.24) is 5.32 Å². The lowest BCUT2D eigenvalue weighted by Crippen LogP contribution is -3.11. The summed E-state index contributed by atoms with van der Waals surface area (Å²) in [5.41, 5.74) is 2.92. The van der Waals surface area contributed by atoms with Gasteiger partial charge in [-0.1, -0.05) is 0 Å². The first-order valence-corrected chi connectivity index (χ1v) is 9.73. The van der Waals surface area contributed by atoms with Crippen molar-refractivity contribution in [2.75, 3.05) is 32.6 Å². The first-order valence-electron chi connectivity index (χ1n) is 8.92. The summed E-state index contributed by atoms with van der Waals surface area (Å²) in [6.45, 7) is 5.42. The molecule has 2 aliphatic heterocycles. The second-order valence-corrected chi connectivity index (χ2v) is 7.75. The summed E-state index contributed by atoms with van der Waals surface area (Å²) < 4.78 is 10.8. The first-order chi connectivity index (χ1) is 12.6. The van der Waals surface area contributed by atoms with Gasteiger partial charge in [-0.3, -0.25) is 4.79 Å². The van der Waals surface area contributed by atoms with Crippen molar-refractivity contribution >= 4 is 22.2 Å². The maximum atomic E-state index is 12.9. The fourth-order valence-electron chi connectivity index (χ4n) is 3.77. The number of hydrogen-bond donors (Lipinski definition) is 3. The van der Waals surface area contributed by atoms with Crippen molar-refractivity contribution in [2.45, 2.75) is 26.1 Å². The number of likely N-dealkylation sites (N-methyl/N-ethyl adjacent to an activating group) is 1. The Bertz CT molecular complexity index is 849. The Morgan fingerprint density at radius 2 is 2.12 bits per heavy atom. The number of quaternary nitrogens is 1. The molecular formula is C19H24N3O3S+. The van der Waals surface area contributed by atoms with Gasteiger partial charge < -0.3 is 25.0 Å². The standard InChI is InChI=1S/C19H23N3O3S/c1-4-22-8-7-12-15(10-22)26-19-16(12)18(23)20-17(21-19)13-9-11(24-2)5-6-14(13)25-3/h5-6,9,17,21H,4,7-8,10H2,1-3H3,(H,20,23)/p+1/t17-/m1/s1. The van der Waals surface area contributed by atoms with Gasteiger partial charge in [-0.25, -0.2) is 0 Å². The number of anilines is 1. The van der Waals surface area contributed by atoms with Gasteiger partial charge in [-0.15, -0.1) is 11.3 Å². The van der Waals surface area contributed by atoms with Gasteiger partial charge in [0.15, 0.2) is 0 Å². The highest BCUT2D eigenvalue weighted by molar-refractivity contribution is 7.16. The van der Waals surface area contributed by atoms with Gasteiger partial charge >= 0.3 is 0 Å². The van der Waals surface area contributed by atoms with Crippen LogP contribution in [0.25, 0.3) is 0 Å². The zero-order valence-electron chi connectivity index (χ0n) is 15.3. The van der Waals surface area contributed by atoms with Crippen LogP contribution in [0.4, 0.5) is 5.00 Å². The Labute approximate surface area is 157 Å². The van der Waals surface area contributed by atoms with Crippen molar-refractivity contribution in [1.29, 1.82) is 0 Å². The molecule has 3 N–H and O–H groups in total. The number of rotatable bonds is 4. The molecule has 1 aromatic heterocycles. The van der Waals surface area contributed by atoms with Gasteiger partial charge in [0.25, 0.3) is 5.91 Å². The Morgan fingerprint density at radius 1 is 1.27 bits per heavy atom. The fraction of sp³-hybridized carbons (Fsp3) is 0.421. The highest BCUT2D eigenvalue weighted by Crippen LogP contribution is 2.40. The molecule has 2 aromatic rings. The summed E-state index contributed by atoms with van der Waals surface area (Å²) in [5.74, 6) is 1.44. The van der Waals surface area contributed by atoms with Gasteiger partial charge in [-0.2, -0.15) is 0 Å². The molecule has 0 saturated heterocycles. The van der Waals surface area contributed by atoms with E-state index < -0.39 is 0 Å². The summed E-state index contributed by atoms with van der Waals surface area (Å²) in [6.07, 6.45) is 0.627. The molecule has 2 aliphatic rings. The normalized spacial score (nSPS) is 21.3. The van der Waals surface area contributed by atoms with Crippen LogP contribution in [-0.2, 0) is 13.0 Å². The predicted molar refractivity (Wildman–Crippen MR) is 101 cm³/mol. The summed E-state index contributed by atoms with van der Waals surface area (Å²) in [6, 6.07) is 5.61. The van der Waals surface area contributed by atoms with Crippen LogP contribution in [-0.4, -0.2) is 33.2 Å². The molecule has 0 saturated carbocycles. The molecule has 1 aromatic carbocycles. The molecule has 0 spiro atoms. The number of fused-ring (bicyclic) bond motifs is 3. The van der Waals surface area contributed by atoms with Crippen LogP contribution in [0, 0.1) is 0 Å². The van der Waals surface area contributed by atoms with Crippen LogP contribution in [0.1, 0.15) is 39.5 Å². The van der Waals surface area contributed by atoms with Gasteiger partial charge in [0, 0.05) is 12.0 Å². The highest BCUT2D eigenvalue weighted by atomic mass is 32.1. The average molecular weight is 374 g/mol. The van der Waals surface area contributed by atoms with Gasteiger partial charge in [-0.05, 0) is 30.7 Å². The molecule has 26 heavy (non-hydrogen) atoms. The number of hydrogen-bond acceptors (Lipinski definition) is 5. The fourth-order valence-corrected chi connectivity index (χ4v) is 5.12. The van der Waals surface area contributed by atoms with E-state index in [4.69, 9.17) is 9.47 Å². The van der Waals surface area contributed by atoms with Gasteiger partial charge in [0.2, 0.25) is 0 Å². The lowest BCUT2D eigenvalue weighted by atomic mass is 10.00. The molecule has 138 valence electrons. The van der Waals surface area contributed by atoms with Crippen molar-refractivity contribution in [3.8, 4) is 11.5 Å². The van der Waals surface area contributed by atoms with Crippen LogP contribution >= 0.6 is 11.3 Å². The molecule has 0 radical (unpaired) electrons. The van der Waals surface area contributed by atoms with Crippen molar-refractivity contribution in [3.63, 3.8) is 0 Å². The third kappa shape index (κ3) is 2.81. The summed E-state index contributed by atoms with van der Waals surface area (Å²) in [5, 5.41) is 7.56. The quantitative estimate of drug-likeness (QED) is 0.760. The second-order valence-electron chi connectivity index (χ2n) is 6.65. The molecule has 7 heteroatoms. The smallest absolute Gasteiger partial charge is 0.256 e. The van der Waals surface area contributed by atoms with Crippen LogP contribution in [0.3, 0.4) is 0 Å². The zero-order chi connectivity index (χ0) is 18.3.